The minimum absolute atomic E-state index is 0.272. The number of nitrogens with two attached hydrogens (primary N) is 1. The first-order chi connectivity index (χ1) is 6.33. The van der Waals surface area contributed by atoms with E-state index in [1.165, 1.54) is 4.68 Å². The zero-order valence-electron chi connectivity index (χ0n) is 6.77. The van der Waals surface area contributed by atoms with E-state index in [1.54, 1.807) is 0 Å². The molecule has 2 aromatic rings. The molecule has 5 nitrogen and oxygen atoms in total. The van der Waals surface area contributed by atoms with Crippen molar-refractivity contribution in [3.05, 3.63) is 24.3 Å². The van der Waals surface area contributed by atoms with Crippen LogP contribution in [0.3, 0.4) is 0 Å². The van der Waals surface area contributed by atoms with Gasteiger partial charge in [-0.05, 0) is 12.1 Å². The van der Waals surface area contributed by atoms with E-state index in [0.29, 0.717) is 6.41 Å². The standard InChI is InChI=1S/C8H8N4O/c9-8-11-6-3-1-2-4-7(6)12(8)10-5-13/h1-5H,(H2,9,11)(H,10,13). The Morgan fingerprint density at radius 1 is 1.46 bits per heavy atom. The van der Waals surface area contributed by atoms with Gasteiger partial charge in [-0.25, -0.2) is 9.66 Å². The first kappa shape index (κ1) is 7.60. The molecule has 0 atom stereocenters. The van der Waals surface area contributed by atoms with Gasteiger partial charge < -0.3 is 5.73 Å². The van der Waals surface area contributed by atoms with Crippen LogP contribution in [0.4, 0.5) is 5.95 Å². The van der Waals surface area contributed by atoms with Crippen LogP contribution in [-0.4, -0.2) is 16.1 Å². The zero-order chi connectivity index (χ0) is 9.26. The summed E-state index contributed by atoms with van der Waals surface area (Å²) in [5.41, 5.74) is 9.56. The van der Waals surface area contributed by atoms with Crippen molar-refractivity contribution in [1.29, 1.82) is 0 Å². The van der Waals surface area contributed by atoms with Crippen molar-refractivity contribution in [2.75, 3.05) is 11.2 Å². The summed E-state index contributed by atoms with van der Waals surface area (Å²) >= 11 is 0. The van der Waals surface area contributed by atoms with Gasteiger partial charge in [-0.15, -0.1) is 0 Å². The van der Waals surface area contributed by atoms with Gasteiger partial charge in [-0.3, -0.25) is 10.2 Å². The molecule has 0 saturated carbocycles. The first-order valence-electron chi connectivity index (χ1n) is 3.76. The van der Waals surface area contributed by atoms with Crippen molar-refractivity contribution in [3.8, 4) is 0 Å². The Labute approximate surface area is 74.1 Å². The maximum absolute atomic E-state index is 10.3. The van der Waals surface area contributed by atoms with Crippen LogP contribution >= 0.6 is 0 Å². The molecule has 0 aliphatic carbocycles. The number of nitrogens with one attached hydrogen (secondary N) is 1. The monoisotopic (exact) mass is 176 g/mol. The van der Waals surface area contributed by atoms with Gasteiger partial charge in [-0.2, -0.15) is 0 Å². The highest BCUT2D eigenvalue weighted by molar-refractivity contribution is 5.80. The van der Waals surface area contributed by atoms with Crippen LogP contribution in [-0.2, 0) is 4.79 Å². The fourth-order valence-electron chi connectivity index (χ4n) is 1.23. The van der Waals surface area contributed by atoms with Crippen molar-refractivity contribution in [2.24, 2.45) is 0 Å². The molecule has 2 rings (SSSR count). The summed E-state index contributed by atoms with van der Waals surface area (Å²) in [6.45, 7) is 0. The normalized spacial score (nSPS) is 10.2. The van der Waals surface area contributed by atoms with Crippen molar-refractivity contribution in [3.63, 3.8) is 0 Å². The van der Waals surface area contributed by atoms with E-state index in [9.17, 15) is 4.79 Å². The molecule has 0 radical (unpaired) electrons. The van der Waals surface area contributed by atoms with Crippen molar-refractivity contribution < 1.29 is 4.79 Å². The van der Waals surface area contributed by atoms with E-state index in [2.05, 4.69) is 10.4 Å². The largest absolute Gasteiger partial charge is 0.368 e. The van der Waals surface area contributed by atoms with Crippen LogP contribution in [0, 0.1) is 0 Å². The SMILES string of the molecule is Nc1nc2ccccc2n1NC=O. The molecule has 0 saturated heterocycles. The summed E-state index contributed by atoms with van der Waals surface area (Å²) in [5, 5.41) is 0. The van der Waals surface area contributed by atoms with E-state index in [-0.39, 0.29) is 5.95 Å². The molecule has 0 bridgehead atoms. The molecule has 0 fully saturated rings. The molecule has 66 valence electrons. The second-order valence-corrected chi connectivity index (χ2v) is 2.54. The zero-order valence-corrected chi connectivity index (χ0v) is 6.77. The maximum Gasteiger partial charge on any atom is 0.226 e. The first-order valence-corrected chi connectivity index (χ1v) is 3.76. The van der Waals surface area contributed by atoms with Crippen molar-refractivity contribution in [2.45, 2.75) is 0 Å². The molecule has 0 aliphatic heterocycles. The van der Waals surface area contributed by atoms with E-state index in [0.717, 1.165) is 11.0 Å². The highest BCUT2D eigenvalue weighted by Crippen LogP contribution is 2.14. The Hall–Kier alpha value is -2.04. The lowest BCUT2D eigenvalue weighted by Crippen LogP contribution is -2.14. The topological polar surface area (TPSA) is 72.9 Å². The van der Waals surface area contributed by atoms with Gasteiger partial charge in [0.25, 0.3) is 0 Å². The number of amides is 1. The average molecular weight is 176 g/mol. The molecule has 0 unspecified atom stereocenters. The Bertz CT molecular complexity index is 448. The highest BCUT2D eigenvalue weighted by atomic mass is 16.1. The predicted octanol–water partition coefficient (Wildman–Crippen LogP) is 0.318. The number of carbonyl (C=O) groups is 1. The lowest BCUT2D eigenvalue weighted by Gasteiger charge is -2.01. The summed E-state index contributed by atoms with van der Waals surface area (Å²) in [5.74, 6) is 0.272. The second-order valence-electron chi connectivity index (χ2n) is 2.54. The van der Waals surface area contributed by atoms with E-state index in [1.807, 2.05) is 24.3 Å². The lowest BCUT2D eigenvalue weighted by molar-refractivity contribution is -0.106. The van der Waals surface area contributed by atoms with E-state index in [4.69, 9.17) is 5.73 Å². The summed E-state index contributed by atoms with van der Waals surface area (Å²) in [4.78, 5) is 14.3. The molecular weight excluding hydrogens is 168 g/mol. The highest BCUT2D eigenvalue weighted by Gasteiger charge is 2.05. The number of hydrogen-bond acceptors (Lipinski definition) is 3. The molecule has 0 spiro atoms. The molecule has 13 heavy (non-hydrogen) atoms. The Morgan fingerprint density at radius 3 is 3.00 bits per heavy atom. The van der Waals surface area contributed by atoms with Crippen LogP contribution in [0.15, 0.2) is 24.3 Å². The summed E-state index contributed by atoms with van der Waals surface area (Å²) in [7, 11) is 0. The number of carbonyl (C=O) groups excluding carboxylic acids is 1. The number of rotatable bonds is 2. The summed E-state index contributed by atoms with van der Waals surface area (Å²) in [6, 6.07) is 7.37. The van der Waals surface area contributed by atoms with Crippen LogP contribution in [0.1, 0.15) is 0 Å². The van der Waals surface area contributed by atoms with Crippen LogP contribution in [0.25, 0.3) is 11.0 Å². The number of anilines is 1. The third kappa shape index (κ3) is 1.10. The second kappa shape index (κ2) is 2.78. The van der Waals surface area contributed by atoms with Gasteiger partial charge >= 0.3 is 0 Å². The molecule has 1 heterocycles. The molecule has 1 amide bonds. The molecule has 1 aromatic heterocycles. The smallest absolute Gasteiger partial charge is 0.226 e. The number of fused-ring (bicyclic) bond motifs is 1. The van der Waals surface area contributed by atoms with Gasteiger partial charge in [-0.1, -0.05) is 12.1 Å². The fourth-order valence-corrected chi connectivity index (χ4v) is 1.23. The van der Waals surface area contributed by atoms with Gasteiger partial charge in [0.1, 0.15) is 0 Å². The third-order valence-corrected chi connectivity index (χ3v) is 1.77. The van der Waals surface area contributed by atoms with Crippen molar-refractivity contribution in [1.82, 2.24) is 9.66 Å². The maximum atomic E-state index is 10.3. The van der Waals surface area contributed by atoms with Crippen LogP contribution < -0.4 is 11.2 Å². The third-order valence-electron chi connectivity index (χ3n) is 1.77. The Kier molecular flexibility index (Phi) is 1.63. The molecule has 5 heteroatoms. The molecular formula is C8H8N4O. The molecule has 1 aromatic carbocycles. The Balaban J connectivity index is 2.70. The molecule has 0 aliphatic rings. The number of nitrogen functional groups attached to an aromatic ring is 1. The minimum atomic E-state index is 0.272. The van der Waals surface area contributed by atoms with Crippen LogP contribution in [0.5, 0.6) is 0 Å². The summed E-state index contributed by atoms with van der Waals surface area (Å²) < 4.78 is 1.43. The minimum Gasteiger partial charge on any atom is -0.368 e. The number of aromatic nitrogens is 2. The quantitative estimate of drug-likeness (QED) is 0.647. The summed E-state index contributed by atoms with van der Waals surface area (Å²) in [6.07, 6.45) is 0.560. The van der Waals surface area contributed by atoms with Gasteiger partial charge in [0, 0.05) is 0 Å². The fraction of sp³-hybridized carbons (Fsp3) is 0. The lowest BCUT2D eigenvalue weighted by atomic mass is 10.3. The van der Waals surface area contributed by atoms with E-state index >= 15 is 0 Å². The van der Waals surface area contributed by atoms with Gasteiger partial charge in [0.05, 0.1) is 11.0 Å². The molecule has 3 N–H and O–H groups in total. The number of hydrogen-bond donors (Lipinski definition) is 2. The van der Waals surface area contributed by atoms with Gasteiger partial charge in [0.2, 0.25) is 12.4 Å². The van der Waals surface area contributed by atoms with Crippen molar-refractivity contribution >= 4 is 23.4 Å². The number of para-hydroxylation sites is 2. The number of nitrogens with zero attached hydrogens (tertiary/aromatic N) is 2. The van der Waals surface area contributed by atoms with E-state index < -0.39 is 0 Å². The number of imidazole rings is 1. The number of benzene rings is 1. The Morgan fingerprint density at radius 2 is 2.23 bits per heavy atom. The predicted molar refractivity (Wildman–Crippen MR) is 49.6 cm³/mol. The van der Waals surface area contributed by atoms with Gasteiger partial charge in [0.15, 0.2) is 0 Å². The average Bonchev–Trinajstić information content (AvgIpc) is 2.44. The van der Waals surface area contributed by atoms with Crippen LogP contribution in [0.2, 0.25) is 0 Å².